The van der Waals surface area contributed by atoms with Crippen molar-refractivity contribution in [2.24, 2.45) is 11.7 Å². The Morgan fingerprint density at radius 1 is 1.00 bits per heavy atom. The van der Waals surface area contributed by atoms with Gasteiger partial charge in [-0.2, -0.15) is 0 Å². The predicted octanol–water partition coefficient (Wildman–Crippen LogP) is 4.33. The molecule has 0 amide bonds. The van der Waals surface area contributed by atoms with Crippen LogP contribution in [0.2, 0.25) is 0 Å². The molecule has 0 spiro atoms. The van der Waals surface area contributed by atoms with E-state index in [2.05, 4.69) is 18.7 Å². The van der Waals surface area contributed by atoms with Crippen molar-refractivity contribution in [3.63, 3.8) is 0 Å². The van der Waals surface area contributed by atoms with Crippen molar-refractivity contribution in [3.05, 3.63) is 0 Å². The van der Waals surface area contributed by atoms with Crippen molar-refractivity contribution in [1.82, 2.24) is 4.90 Å². The highest BCUT2D eigenvalue weighted by Crippen LogP contribution is 2.37. The third-order valence-electron chi connectivity index (χ3n) is 5.74. The van der Waals surface area contributed by atoms with Gasteiger partial charge in [0.2, 0.25) is 0 Å². The Kier molecular flexibility index (Phi) is 6.35. The van der Waals surface area contributed by atoms with E-state index in [0.29, 0.717) is 5.54 Å². The molecular weight excluding hydrogens is 244 g/mol. The molecule has 0 aromatic carbocycles. The van der Waals surface area contributed by atoms with Gasteiger partial charge in [0, 0.05) is 18.1 Å². The maximum absolute atomic E-state index is 6.34. The lowest BCUT2D eigenvalue weighted by Gasteiger charge is -2.47. The van der Waals surface area contributed by atoms with Crippen LogP contribution >= 0.6 is 0 Å². The Morgan fingerprint density at radius 2 is 1.60 bits per heavy atom. The first-order chi connectivity index (χ1) is 9.68. The average Bonchev–Trinajstić information content (AvgIpc) is 2.84. The first-order valence-electron chi connectivity index (χ1n) is 9.15. The molecular formula is C18H36N2. The molecule has 2 rings (SSSR count). The molecule has 0 bridgehead atoms. The van der Waals surface area contributed by atoms with Gasteiger partial charge in [-0.05, 0) is 44.6 Å². The van der Waals surface area contributed by atoms with Crippen LogP contribution in [0.3, 0.4) is 0 Å². The Balaban J connectivity index is 2.11. The molecule has 20 heavy (non-hydrogen) atoms. The van der Waals surface area contributed by atoms with Crippen LogP contribution in [-0.2, 0) is 0 Å². The molecule has 0 atom stereocenters. The molecule has 0 heterocycles. The maximum Gasteiger partial charge on any atom is 0.0334 e. The molecule has 118 valence electrons. The average molecular weight is 280 g/mol. The molecule has 0 aromatic heterocycles. The number of hydrogen-bond donors (Lipinski definition) is 1. The van der Waals surface area contributed by atoms with Gasteiger partial charge >= 0.3 is 0 Å². The van der Waals surface area contributed by atoms with E-state index in [0.717, 1.165) is 18.5 Å². The van der Waals surface area contributed by atoms with Gasteiger partial charge in [-0.3, -0.25) is 4.90 Å². The lowest BCUT2D eigenvalue weighted by molar-refractivity contribution is 0.0323. The highest BCUT2D eigenvalue weighted by atomic mass is 15.2. The van der Waals surface area contributed by atoms with E-state index in [4.69, 9.17) is 5.73 Å². The fourth-order valence-corrected chi connectivity index (χ4v) is 4.42. The summed E-state index contributed by atoms with van der Waals surface area (Å²) in [5.41, 5.74) is 6.67. The van der Waals surface area contributed by atoms with E-state index in [-0.39, 0.29) is 0 Å². The summed E-state index contributed by atoms with van der Waals surface area (Å²) in [6.07, 6.45) is 15.3. The Labute approximate surface area is 126 Å². The predicted molar refractivity (Wildman–Crippen MR) is 87.9 cm³/mol. The minimum Gasteiger partial charge on any atom is -0.329 e. The van der Waals surface area contributed by atoms with Crippen molar-refractivity contribution >= 4 is 0 Å². The summed E-state index contributed by atoms with van der Waals surface area (Å²) in [5.74, 6) is 0.805. The van der Waals surface area contributed by atoms with E-state index in [1.54, 1.807) is 0 Å². The van der Waals surface area contributed by atoms with Crippen molar-refractivity contribution in [3.8, 4) is 0 Å². The molecule has 2 saturated carbocycles. The largest absolute Gasteiger partial charge is 0.329 e. The van der Waals surface area contributed by atoms with Crippen LogP contribution in [-0.4, -0.2) is 29.6 Å². The highest BCUT2D eigenvalue weighted by Gasteiger charge is 2.39. The normalized spacial score (nSPS) is 24.4. The molecule has 2 heteroatoms. The lowest BCUT2D eigenvalue weighted by atomic mass is 9.85. The van der Waals surface area contributed by atoms with Crippen molar-refractivity contribution < 1.29 is 0 Å². The topological polar surface area (TPSA) is 29.3 Å². The van der Waals surface area contributed by atoms with Crippen molar-refractivity contribution in [1.29, 1.82) is 0 Å². The van der Waals surface area contributed by atoms with E-state index >= 15 is 0 Å². The van der Waals surface area contributed by atoms with Crippen LogP contribution in [0.1, 0.15) is 84.5 Å². The van der Waals surface area contributed by atoms with Crippen LogP contribution < -0.4 is 5.73 Å². The Morgan fingerprint density at radius 3 is 2.10 bits per heavy atom. The molecule has 0 unspecified atom stereocenters. The summed E-state index contributed by atoms with van der Waals surface area (Å²) in [4.78, 5) is 2.89. The number of nitrogens with two attached hydrogens (primary N) is 1. The van der Waals surface area contributed by atoms with Crippen molar-refractivity contribution in [2.75, 3.05) is 13.1 Å². The standard InChI is InChI=1S/C18H36N2/c1-16(2)11-14-20(17-9-5-6-10-17)18(15-19)12-7-3-4-8-13-18/h16-17H,3-15,19H2,1-2H3. The molecule has 2 nitrogen and oxygen atoms in total. The summed E-state index contributed by atoms with van der Waals surface area (Å²) in [6.45, 7) is 6.87. The molecule has 2 aliphatic carbocycles. The zero-order valence-corrected chi connectivity index (χ0v) is 13.9. The van der Waals surface area contributed by atoms with Gasteiger partial charge in [0.05, 0.1) is 0 Å². The zero-order valence-electron chi connectivity index (χ0n) is 13.9. The summed E-state index contributed by atoms with van der Waals surface area (Å²) < 4.78 is 0. The summed E-state index contributed by atoms with van der Waals surface area (Å²) in [7, 11) is 0. The van der Waals surface area contributed by atoms with Crippen LogP contribution in [0.5, 0.6) is 0 Å². The number of hydrogen-bond acceptors (Lipinski definition) is 2. The highest BCUT2D eigenvalue weighted by molar-refractivity contribution is 4.97. The third kappa shape index (κ3) is 3.98. The number of nitrogens with zero attached hydrogens (tertiary/aromatic N) is 1. The molecule has 0 aliphatic heterocycles. The Bertz CT molecular complexity index is 261. The fraction of sp³-hybridized carbons (Fsp3) is 1.00. The van der Waals surface area contributed by atoms with Gasteiger partial charge in [0.25, 0.3) is 0 Å². The second-order valence-corrected chi connectivity index (χ2v) is 7.66. The lowest BCUT2D eigenvalue weighted by Crippen LogP contribution is -2.57. The van der Waals surface area contributed by atoms with Crippen LogP contribution in [0.15, 0.2) is 0 Å². The van der Waals surface area contributed by atoms with E-state index in [1.165, 1.54) is 77.2 Å². The second-order valence-electron chi connectivity index (χ2n) is 7.66. The second kappa shape index (κ2) is 7.79. The zero-order chi connectivity index (χ0) is 14.4. The summed E-state index contributed by atoms with van der Waals surface area (Å²) >= 11 is 0. The molecule has 0 aromatic rings. The summed E-state index contributed by atoms with van der Waals surface area (Å²) in [5, 5.41) is 0. The molecule has 2 N–H and O–H groups in total. The monoisotopic (exact) mass is 280 g/mol. The van der Waals surface area contributed by atoms with Crippen LogP contribution in [0.4, 0.5) is 0 Å². The third-order valence-corrected chi connectivity index (χ3v) is 5.74. The first kappa shape index (κ1) is 16.3. The first-order valence-corrected chi connectivity index (χ1v) is 9.15. The molecule has 2 fully saturated rings. The molecule has 0 saturated heterocycles. The van der Waals surface area contributed by atoms with Gasteiger partial charge in [0.1, 0.15) is 0 Å². The van der Waals surface area contributed by atoms with Crippen LogP contribution in [0, 0.1) is 5.92 Å². The van der Waals surface area contributed by atoms with Gasteiger partial charge in [-0.25, -0.2) is 0 Å². The maximum atomic E-state index is 6.34. The van der Waals surface area contributed by atoms with Crippen molar-refractivity contribution in [2.45, 2.75) is 96.1 Å². The smallest absolute Gasteiger partial charge is 0.0334 e. The SMILES string of the molecule is CC(C)CCN(C1CCCC1)C1(CN)CCCCCC1. The summed E-state index contributed by atoms with van der Waals surface area (Å²) in [6, 6.07) is 0.829. The van der Waals surface area contributed by atoms with E-state index in [9.17, 15) is 0 Å². The van der Waals surface area contributed by atoms with Gasteiger partial charge in [-0.15, -0.1) is 0 Å². The Hall–Kier alpha value is -0.0800. The minimum absolute atomic E-state index is 0.334. The molecule has 0 radical (unpaired) electrons. The van der Waals surface area contributed by atoms with Gasteiger partial charge in [0.15, 0.2) is 0 Å². The number of rotatable bonds is 6. The molecule has 2 aliphatic rings. The minimum atomic E-state index is 0.334. The fourth-order valence-electron chi connectivity index (χ4n) is 4.42. The van der Waals surface area contributed by atoms with Crippen LogP contribution in [0.25, 0.3) is 0 Å². The quantitative estimate of drug-likeness (QED) is 0.734. The van der Waals surface area contributed by atoms with E-state index in [1.807, 2.05) is 0 Å². The van der Waals surface area contributed by atoms with Gasteiger partial charge < -0.3 is 5.73 Å². The van der Waals surface area contributed by atoms with E-state index < -0.39 is 0 Å². The van der Waals surface area contributed by atoms with Gasteiger partial charge in [-0.1, -0.05) is 52.4 Å².